The summed E-state index contributed by atoms with van der Waals surface area (Å²) in [7, 11) is 0. The van der Waals surface area contributed by atoms with Crippen molar-refractivity contribution in [2.45, 2.75) is 25.3 Å². The van der Waals surface area contributed by atoms with Crippen molar-refractivity contribution >= 4 is 5.91 Å². The predicted molar refractivity (Wildman–Crippen MR) is 63.3 cm³/mol. The van der Waals surface area contributed by atoms with Crippen LogP contribution in [0.4, 0.5) is 0 Å². The molecule has 1 aromatic heterocycles. The second kappa shape index (κ2) is 5.46. The van der Waals surface area contributed by atoms with E-state index in [9.17, 15) is 4.79 Å². The fourth-order valence-corrected chi connectivity index (χ4v) is 1.38. The van der Waals surface area contributed by atoms with Gasteiger partial charge in [0.15, 0.2) is 0 Å². The maximum atomic E-state index is 11.9. The molecule has 0 aliphatic heterocycles. The third-order valence-electron chi connectivity index (χ3n) is 2.40. The molecule has 17 heavy (non-hydrogen) atoms. The molecule has 0 unspecified atom stereocenters. The molecule has 1 fully saturated rings. The molecule has 0 saturated heterocycles. The van der Waals surface area contributed by atoms with Gasteiger partial charge in [-0.3, -0.25) is 4.79 Å². The molecule has 0 atom stereocenters. The Morgan fingerprint density at radius 2 is 2.41 bits per heavy atom. The zero-order valence-corrected chi connectivity index (χ0v) is 9.44. The zero-order chi connectivity index (χ0) is 12.1. The minimum absolute atomic E-state index is 0.0247. The Bertz CT molecular complexity index is 470. The monoisotopic (exact) mass is 230 g/mol. The van der Waals surface area contributed by atoms with E-state index in [0.29, 0.717) is 23.7 Å². The summed E-state index contributed by atoms with van der Waals surface area (Å²) in [5, 5.41) is 11.5. The van der Waals surface area contributed by atoms with Crippen molar-refractivity contribution in [3.05, 3.63) is 29.6 Å². The first-order valence-corrected chi connectivity index (χ1v) is 5.67. The Hall–Kier alpha value is -1.86. The van der Waals surface area contributed by atoms with Gasteiger partial charge in [-0.15, -0.1) is 0 Å². The highest BCUT2D eigenvalue weighted by Gasteiger charge is 2.25. The summed E-state index contributed by atoms with van der Waals surface area (Å²) >= 11 is 0. The maximum Gasteiger partial charge on any atom is 0.271 e. The number of carbonyl (C=O) groups excluding carboxylic acids is 1. The third-order valence-corrected chi connectivity index (χ3v) is 2.40. The average molecular weight is 230 g/mol. The summed E-state index contributed by atoms with van der Waals surface area (Å²) in [6.07, 6.45) is 4.08. The maximum absolute atomic E-state index is 11.9. The molecule has 1 aliphatic carbocycles. The molecule has 4 heteroatoms. The van der Waals surface area contributed by atoms with Crippen LogP contribution in [0, 0.1) is 11.8 Å². The van der Waals surface area contributed by atoms with Crippen LogP contribution in [0.15, 0.2) is 18.3 Å². The minimum Gasteiger partial charge on any atom is -0.395 e. The number of hydrogen-bond donors (Lipinski definition) is 2. The van der Waals surface area contributed by atoms with E-state index in [1.165, 1.54) is 0 Å². The average Bonchev–Trinajstić information content (AvgIpc) is 3.14. The van der Waals surface area contributed by atoms with E-state index < -0.39 is 0 Å². The SMILES string of the molecule is O=C(NC1CC1)c1ncccc1C#CCCO. The van der Waals surface area contributed by atoms with Crippen molar-refractivity contribution in [2.24, 2.45) is 0 Å². The number of aliphatic hydroxyl groups is 1. The first-order valence-electron chi connectivity index (χ1n) is 5.67. The molecule has 1 saturated carbocycles. The smallest absolute Gasteiger partial charge is 0.271 e. The Kier molecular flexibility index (Phi) is 3.73. The quantitative estimate of drug-likeness (QED) is 0.752. The highest BCUT2D eigenvalue weighted by Crippen LogP contribution is 2.19. The molecular formula is C13H14N2O2. The molecular weight excluding hydrogens is 216 g/mol. The molecule has 1 heterocycles. The van der Waals surface area contributed by atoms with E-state index in [0.717, 1.165) is 12.8 Å². The van der Waals surface area contributed by atoms with Gasteiger partial charge < -0.3 is 10.4 Å². The molecule has 0 spiro atoms. The second-order valence-corrected chi connectivity index (χ2v) is 3.92. The molecule has 2 rings (SSSR count). The Balaban J connectivity index is 2.14. The summed E-state index contributed by atoms with van der Waals surface area (Å²) < 4.78 is 0. The minimum atomic E-state index is -0.165. The van der Waals surface area contributed by atoms with Crippen LogP contribution in [0.3, 0.4) is 0 Å². The predicted octanol–water partition coefficient (Wildman–Crippen LogP) is 0.708. The van der Waals surface area contributed by atoms with E-state index in [-0.39, 0.29) is 12.5 Å². The van der Waals surface area contributed by atoms with Crippen molar-refractivity contribution in [1.82, 2.24) is 10.3 Å². The largest absolute Gasteiger partial charge is 0.395 e. The summed E-state index contributed by atoms with van der Waals surface area (Å²) in [6, 6.07) is 3.82. The van der Waals surface area contributed by atoms with Crippen LogP contribution in [-0.2, 0) is 0 Å². The van der Waals surface area contributed by atoms with Crippen molar-refractivity contribution < 1.29 is 9.90 Å². The molecule has 2 N–H and O–H groups in total. The van der Waals surface area contributed by atoms with Crippen LogP contribution >= 0.6 is 0 Å². The van der Waals surface area contributed by atoms with Crippen molar-refractivity contribution in [3.8, 4) is 11.8 Å². The summed E-state index contributed by atoms with van der Waals surface area (Å²) in [4.78, 5) is 15.9. The van der Waals surface area contributed by atoms with E-state index in [2.05, 4.69) is 22.1 Å². The van der Waals surface area contributed by atoms with Gasteiger partial charge in [-0.05, 0) is 25.0 Å². The number of pyridine rings is 1. The lowest BCUT2D eigenvalue weighted by atomic mass is 10.2. The Morgan fingerprint density at radius 3 is 3.12 bits per heavy atom. The van der Waals surface area contributed by atoms with Gasteiger partial charge in [0.1, 0.15) is 5.69 Å². The highest BCUT2D eigenvalue weighted by atomic mass is 16.2. The van der Waals surface area contributed by atoms with Gasteiger partial charge in [0.25, 0.3) is 5.91 Å². The summed E-state index contributed by atoms with van der Waals surface area (Å²) in [5.74, 6) is 5.49. The molecule has 4 nitrogen and oxygen atoms in total. The number of aromatic nitrogens is 1. The molecule has 0 aromatic carbocycles. The Labute approximate surface area is 100 Å². The summed E-state index contributed by atoms with van der Waals surface area (Å²) in [6.45, 7) is 0.0247. The standard InChI is InChI=1S/C13H14N2O2/c16-9-2-1-4-10-5-3-8-14-12(10)13(17)15-11-6-7-11/h3,5,8,11,16H,2,6-7,9H2,(H,15,17). The van der Waals surface area contributed by atoms with Gasteiger partial charge in [0, 0.05) is 18.7 Å². The van der Waals surface area contributed by atoms with Crippen LogP contribution in [0.1, 0.15) is 35.3 Å². The molecule has 1 amide bonds. The number of carbonyl (C=O) groups is 1. The lowest BCUT2D eigenvalue weighted by molar-refractivity contribution is 0.0946. The van der Waals surface area contributed by atoms with Crippen molar-refractivity contribution in [3.63, 3.8) is 0 Å². The van der Waals surface area contributed by atoms with Gasteiger partial charge in [-0.25, -0.2) is 4.98 Å². The van der Waals surface area contributed by atoms with E-state index in [4.69, 9.17) is 5.11 Å². The second-order valence-electron chi connectivity index (χ2n) is 3.92. The first-order chi connectivity index (χ1) is 8.31. The van der Waals surface area contributed by atoms with Crippen LogP contribution in [0.5, 0.6) is 0 Å². The topological polar surface area (TPSA) is 62.2 Å². The molecule has 1 aromatic rings. The normalized spacial score (nSPS) is 13.7. The van der Waals surface area contributed by atoms with Crippen LogP contribution in [0.2, 0.25) is 0 Å². The molecule has 88 valence electrons. The van der Waals surface area contributed by atoms with E-state index in [1.807, 2.05) is 0 Å². The fourth-order valence-electron chi connectivity index (χ4n) is 1.38. The first kappa shape index (κ1) is 11.6. The zero-order valence-electron chi connectivity index (χ0n) is 9.44. The Morgan fingerprint density at radius 1 is 1.59 bits per heavy atom. The number of aliphatic hydroxyl groups excluding tert-OH is 1. The van der Waals surface area contributed by atoms with Gasteiger partial charge >= 0.3 is 0 Å². The van der Waals surface area contributed by atoms with Crippen LogP contribution in [-0.4, -0.2) is 28.6 Å². The van der Waals surface area contributed by atoms with E-state index in [1.54, 1.807) is 18.3 Å². The number of amides is 1. The fraction of sp³-hybridized carbons (Fsp3) is 0.385. The molecule has 0 radical (unpaired) electrons. The van der Waals surface area contributed by atoms with Gasteiger partial charge in [0.2, 0.25) is 0 Å². The van der Waals surface area contributed by atoms with E-state index >= 15 is 0 Å². The van der Waals surface area contributed by atoms with Crippen LogP contribution in [0.25, 0.3) is 0 Å². The highest BCUT2D eigenvalue weighted by molar-refractivity contribution is 5.95. The van der Waals surface area contributed by atoms with Crippen molar-refractivity contribution in [1.29, 1.82) is 0 Å². The number of nitrogens with one attached hydrogen (secondary N) is 1. The summed E-state index contributed by atoms with van der Waals surface area (Å²) in [5.41, 5.74) is 0.976. The third kappa shape index (κ3) is 3.30. The van der Waals surface area contributed by atoms with Gasteiger partial charge in [0.05, 0.1) is 12.2 Å². The van der Waals surface area contributed by atoms with Gasteiger partial charge in [-0.1, -0.05) is 11.8 Å². The number of hydrogen-bond acceptors (Lipinski definition) is 3. The number of rotatable bonds is 3. The van der Waals surface area contributed by atoms with Crippen LogP contribution < -0.4 is 5.32 Å². The molecule has 0 bridgehead atoms. The lowest BCUT2D eigenvalue weighted by Gasteiger charge is -2.03. The number of nitrogens with zero attached hydrogens (tertiary/aromatic N) is 1. The molecule has 1 aliphatic rings. The van der Waals surface area contributed by atoms with Gasteiger partial charge in [-0.2, -0.15) is 0 Å². The van der Waals surface area contributed by atoms with Crippen molar-refractivity contribution in [2.75, 3.05) is 6.61 Å². The lowest BCUT2D eigenvalue weighted by Crippen LogP contribution is -2.27.